The van der Waals surface area contributed by atoms with Gasteiger partial charge in [-0.15, -0.1) is 12.4 Å². The highest BCUT2D eigenvalue weighted by Crippen LogP contribution is 2.32. The monoisotopic (exact) mass is 247 g/mol. The maximum atomic E-state index is 11.6. The average Bonchev–Trinajstić information content (AvgIpc) is 2.73. The third kappa shape index (κ3) is 2.01. The van der Waals surface area contributed by atoms with Crippen LogP contribution < -0.4 is 10.6 Å². The molecule has 0 unspecified atom stereocenters. The van der Waals surface area contributed by atoms with Crippen molar-refractivity contribution in [2.45, 2.75) is 25.4 Å². The number of rotatable bonds is 1. The zero-order valence-electron chi connectivity index (χ0n) is 9.53. The molecule has 2 rings (SSSR count). The molecule has 0 bridgehead atoms. The minimum Gasteiger partial charge on any atom is -0.357 e. The summed E-state index contributed by atoms with van der Waals surface area (Å²) in [5, 5.41) is 5.89. The molecule has 0 aromatic carbocycles. The second-order valence-electron chi connectivity index (χ2n) is 4.28. The molecule has 0 saturated carbocycles. The number of amides is 2. The minimum absolute atomic E-state index is 0. The fraction of sp³-hybridized carbons (Fsp3) is 0.800. The second kappa shape index (κ2) is 5.01. The molecule has 2 aliphatic rings. The molecule has 0 aromatic rings. The Labute approximate surface area is 101 Å². The van der Waals surface area contributed by atoms with Crippen molar-refractivity contribution in [3.05, 3.63) is 0 Å². The van der Waals surface area contributed by atoms with Crippen LogP contribution in [0.15, 0.2) is 0 Å². The number of halogens is 1. The number of hydrogen-bond donors (Lipinski definition) is 2. The molecule has 6 heteroatoms. The Kier molecular flexibility index (Phi) is 4.15. The molecule has 0 aromatic heterocycles. The fourth-order valence-electron chi connectivity index (χ4n) is 2.77. The topological polar surface area (TPSA) is 61.4 Å². The first-order valence-electron chi connectivity index (χ1n) is 5.36. The summed E-state index contributed by atoms with van der Waals surface area (Å²) in [6, 6.07) is -0.0469. The van der Waals surface area contributed by atoms with Gasteiger partial charge in [0.2, 0.25) is 11.8 Å². The summed E-state index contributed by atoms with van der Waals surface area (Å²) in [5.41, 5.74) is 0. The summed E-state index contributed by atoms with van der Waals surface area (Å²) in [5.74, 6) is 0.399. The van der Waals surface area contributed by atoms with E-state index in [1.807, 2.05) is 0 Å². The summed E-state index contributed by atoms with van der Waals surface area (Å²) >= 11 is 0. The van der Waals surface area contributed by atoms with Gasteiger partial charge in [-0.2, -0.15) is 0 Å². The van der Waals surface area contributed by atoms with Gasteiger partial charge >= 0.3 is 0 Å². The van der Waals surface area contributed by atoms with Gasteiger partial charge in [-0.05, 0) is 12.3 Å². The van der Waals surface area contributed by atoms with E-state index in [0.29, 0.717) is 5.92 Å². The molecule has 2 amide bonds. The van der Waals surface area contributed by atoms with E-state index in [-0.39, 0.29) is 36.3 Å². The van der Waals surface area contributed by atoms with E-state index < -0.39 is 0 Å². The number of likely N-dealkylation sites (tertiary alicyclic amines) is 1. The Morgan fingerprint density at radius 3 is 2.62 bits per heavy atom. The van der Waals surface area contributed by atoms with Crippen LogP contribution >= 0.6 is 12.4 Å². The highest BCUT2D eigenvalue weighted by atomic mass is 35.5. The molecule has 2 heterocycles. The van der Waals surface area contributed by atoms with E-state index >= 15 is 0 Å². The van der Waals surface area contributed by atoms with Crippen molar-refractivity contribution in [2.75, 3.05) is 20.1 Å². The SMILES string of the molecule is CNC(=O)[C@@H]1C[C@H]2CNC[C@H]2N1C(C)=O.Cl. The summed E-state index contributed by atoms with van der Waals surface area (Å²) in [6.45, 7) is 3.27. The van der Waals surface area contributed by atoms with Crippen molar-refractivity contribution in [1.82, 2.24) is 15.5 Å². The Morgan fingerprint density at radius 1 is 1.38 bits per heavy atom. The van der Waals surface area contributed by atoms with Crippen LogP contribution in [0.25, 0.3) is 0 Å². The lowest BCUT2D eigenvalue weighted by atomic mass is 10.0. The first-order valence-corrected chi connectivity index (χ1v) is 5.36. The smallest absolute Gasteiger partial charge is 0.242 e. The van der Waals surface area contributed by atoms with Crippen LogP contribution in [0.1, 0.15) is 13.3 Å². The first kappa shape index (κ1) is 13.3. The van der Waals surface area contributed by atoms with E-state index in [4.69, 9.17) is 0 Å². The van der Waals surface area contributed by atoms with Crippen LogP contribution in [0, 0.1) is 5.92 Å². The maximum absolute atomic E-state index is 11.6. The van der Waals surface area contributed by atoms with Crippen molar-refractivity contribution in [3.8, 4) is 0 Å². The highest BCUT2D eigenvalue weighted by Gasteiger charge is 2.47. The van der Waals surface area contributed by atoms with Crippen LogP contribution in [-0.2, 0) is 9.59 Å². The molecule has 2 saturated heterocycles. The Hall–Kier alpha value is -0.810. The maximum Gasteiger partial charge on any atom is 0.242 e. The van der Waals surface area contributed by atoms with Crippen molar-refractivity contribution in [1.29, 1.82) is 0 Å². The van der Waals surface area contributed by atoms with Gasteiger partial charge in [0.05, 0.1) is 0 Å². The van der Waals surface area contributed by atoms with Gasteiger partial charge in [-0.3, -0.25) is 9.59 Å². The Bertz CT molecular complexity index is 298. The quantitative estimate of drug-likeness (QED) is 0.648. The largest absolute Gasteiger partial charge is 0.357 e. The standard InChI is InChI=1S/C10H17N3O2.ClH/c1-6(14)13-8(10(15)11-2)3-7-4-12-5-9(7)13;/h7-9,12H,3-5H2,1-2H3,(H,11,15);1H/t7-,8-,9+;/m0./s1. The van der Waals surface area contributed by atoms with Gasteiger partial charge < -0.3 is 15.5 Å². The molecule has 16 heavy (non-hydrogen) atoms. The zero-order chi connectivity index (χ0) is 11.0. The van der Waals surface area contributed by atoms with Crippen LogP contribution in [0.2, 0.25) is 0 Å². The summed E-state index contributed by atoms with van der Waals surface area (Å²) in [6.07, 6.45) is 0.789. The summed E-state index contributed by atoms with van der Waals surface area (Å²) in [4.78, 5) is 24.9. The van der Waals surface area contributed by atoms with Crippen molar-refractivity contribution in [3.63, 3.8) is 0 Å². The molecule has 0 radical (unpaired) electrons. The number of nitrogens with zero attached hydrogens (tertiary/aromatic N) is 1. The van der Waals surface area contributed by atoms with Crippen LogP contribution in [-0.4, -0.2) is 48.9 Å². The predicted molar refractivity (Wildman–Crippen MR) is 62.4 cm³/mol. The van der Waals surface area contributed by atoms with Gasteiger partial charge in [-0.1, -0.05) is 0 Å². The zero-order valence-corrected chi connectivity index (χ0v) is 10.3. The van der Waals surface area contributed by atoms with Crippen molar-refractivity contribution in [2.24, 2.45) is 5.92 Å². The number of nitrogens with one attached hydrogen (secondary N) is 2. The minimum atomic E-state index is -0.260. The lowest BCUT2D eigenvalue weighted by Gasteiger charge is -2.27. The number of hydrogen-bond acceptors (Lipinski definition) is 3. The number of likely N-dealkylation sites (N-methyl/N-ethyl adjacent to an activating group) is 1. The van der Waals surface area contributed by atoms with Gasteiger partial charge in [0.1, 0.15) is 6.04 Å². The summed E-state index contributed by atoms with van der Waals surface area (Å²) < 4.78 is 0. The molecular formula is C10H18ClN3O2. The molecule has 0 spiro atoms. The van der Waals surface area contributed by atoms with E-state index in [1.54, 1.807) is 11.9 Å². The van der Waals surface area contributed by atoms with Gasteiger partial charge in [0.15, 0.2) is 0 Å². The Morgan fingerprint density at radius 2 is 2.06 bits per heavy atom. The third-order valence-electron chi connectivity index (χ3n) is 3.44. The molecule has 2 N–H and O–H groups in total. The first-order chi connectivity index (χ1) is 7.15. The molecule has 3 atom stereocenters. The summed E-state index contributed by atoms with van der Waals surface area (Å²) in [7, 11) is 1.62. The lowest BCUT2D eigenvalue weighted by molar-refractivity contribution is -0.138. The highest BCUT2D eigenvalue weighted by molar-refractivity contribution is 5.87. The van der Waals surface area contributed by atoms with Crippen LogP contribution in [0.4, 0.5) is 0 Å². The van der Waals surface area contributed by atoms with E-state index in [2.05, 4.69) is 10.6 Å². The molecule has 0 aliphatic carbocycles. The molecule has 92 valence electrons. The second-order valence-corrected chi connectivity index (χ2v) is 4.28. The van der Waals surface area contributed by atoms with Crippen LogP contribution in [0.5, 0.6) is 0 Å². The normalized spacial score (nSPS) is 31.9. The van der Waals surface area contributed by atoms with Gasteiger partial charge in [0, 0.05) is 33.1 Å². The third-order valence-corrected chi connectivity index (χ3v) is 3.44. The number of carbonyl (C=O) groups is 2. The number of fused-ring (bicyclic) bond motifs is 1. The van der Waals surface area contributed by atoms with Crippen molar-refractivity contribution >= 4 is 24.2 Å². The fourth-order valence-corrected chi connectivity index (χ4v) is 2.77. The lowest BCUT2D eigenvalue weighted by Crippen LogP contribution is -2.48. The van der Waals surface area contributed by atoms with E-state index in [0.717, 1.165) is 19.5 Å². The molecule has 2 aliphatic heterocycles. The predicted octanol–water partition coefficient (Wildman–Crippen LogP) is -0.637. The van der Waals surface area contributed by atoms with E-state index in [9.17, 15) is 9.59 Å². The molecule has 2 fully saturated rings. The van der Waals surface area contributed by atoms with E-state index in [1.165, 1.54) is 6.92 Å². The Balaban J connectivity index is 0.00000128. The van der Waals surface area contributed by atoms with Crippen molar-refractivity contribution < 1.29 is 9.59 Å². The molecular weight excluding hydrogens is 230 g/mol. The van der Waals surface area contributed by atoms with Gasteiger partial charge in [-0.25, -0.2) is 0 Å². The van der Waals surface area contributed by atoms with Crippen LogP contribution in [0.3, 0.4) is 0 Å². The van der Waals surface area contributed by atoms with Gasteiger partial charge in [0.25, 0.3) is 0 Å². The molecule has 5 nitrogen and oxygen atoms in total. The average molecular weight is 248 g/mol. The number of carbonyl (C=O) groups excluding carboxylic acids is 2.